The second kappa shape index (κ2) is 6.09. The van der Waals surface area contributed by atoms with Crippen LogP contribution in [0.1, 0.15) is 13.8 Å². The van der Waals surface area contributed by atoms with Crippen LogP contribution in [-0.2, 0) is 14.3 Å². The number of hydrogen-bond acceptors (Lipinski definition) is 4. The highest BCUT2D eigenvalue weighted by atomic mass is 19.4. The molecule has 0 aliphatic carbocycles. The Morgan fingerprint density at radius 2 is 1.62 bits per heavy atom. The third-order valence-corrected chi connectivity index (χ3v) is 1.21. The second-order valence-corrected chi connectivity index (χ2v) is 2.38. The van der Waals surface area contributed by atoms with Gasteiger partial charge in [-0.05, 0) is 13.8 Å². The summed E-state index contributed by atoms with van der Waals surface area (Å²) in [6.45, 7) is 2.33. The number of halogens is 3. The maximum Gasteiger partial charge on any atom is 0.440 e. The number of rotatable bonds is 3. The zero-order valence-electron chi connectivity index (χ0n) is 8.63. The standard InChI is InChI=1S/C8H10F3NO4/c1-3-15-6(13)5(8(9,10)11)12-7(14)16-4-2/h3-4H2,1-2H3/b12-5+. The topological polar surface area (TPSA) is 65.0 Å². The van der Waals surface area contributed by atoms with Crippen LogP contribution in [0.3, 0.4) is 0 Å². The molecule has 5 nitrogen and oxygen atoms in total. The minimum absolute atomic E-state index is 0.143. The van der Waals surface area contributed by atoms with E-state index in [1.807, 2.05) is 0 Å². The average Bonchev–Trinajstić information content (AvgIpc) is 2.13. The molecular formula is C8H10F3NO4. The highest BCUT2D eigenvalue weighted by Crippen LogP contribution is 2.18. The third kappa shape index (κ3) is 4.76. The SMILES string of the molecule is CCOC(=O)/N=C(\C(=O)OCC)C(F)(F)F. The fourth-order valence-corrected chi connectivity index (χ4v) is 0.671. The smallest absolute Gasteiger partial charge is 0.440 e. The normalized spacial score (nSPS) is 12.2. The second-order valence-electron chi connectivity index (χ2n) is 2.38. The molecule has 0 aromatic heterocycles. The monoisotopic (exact) mass is 241 g/mol. The predicted octanol–water partition coefficient (Wildman–Crippen LogP) is 1.71. The number of alkyl halides is 3. The van der Waals surface area contributed by atoms with Crippen molar-refractivity contribution in [2.24, 2.45) is 4.99 Å². The summed E-state index contributed by atoms with van der Waals surface area (Å²) < 4.78 is 45.0. The fourth-order valence-electron chi connectivity index (χ4n) is 0.671. The first-order chi connectivity index (χ1) is 7.32. The van der Waals surface area contributed by atoms with E-state index in [4.69, 9.17) is 0 Å². The molecule has 0 atom stereocenters. The molecule has 92 valence electrons. The maximum atomic E-state index is 12.3. The molecule has 0 spiro atoms. The Balaban J connectivity index is 4.95. The van der Waals surface area contributed by atoms with Gasteiger partial charge in [-0.3, -0.25) is 0 Å². The van der Waals surface area contributed by atoms with Gasteiger partial charge < -0.3 is 9.47 Å². The van der Waals surface area contributed by atoms with Crippen LogP contribution in [0.5, 0.6) is 0 Å². The average molecular weight is 241 g/mol. The summed E-state index contributed by atoms with van der Waals surface area (Å²) in [4.78, 5) is 24.1. The molecule has 0 heterocycles. The number of ether oxygens (including phenoxy) is 2. The Morgan fingerprint density at radius 3 is 2.00 bits per heavy atom. The molecule has 0 aliphatic rings. The molecule has 0 saturated carbocycles. The Kier molecular flexibility index (Phi) is 5.48. The Morgan fingerprint density at radius 1 is 1.12 bits per heavy atom. The molecule has 8 heteroatoms. The molecule has 0 fully saturated rings. The molecule has 16 heavy (non-hydrogen) atoms. The van der Waals surface area contributed by atoms with Crippen molar-refractivity contribution in [1.82, 2.24) is 0 Å². The van der Waals surface area contributed by atoms with Crippen molar-refractivity contribution in [3.05, 3.63) is 0 Å². The zero-order valence-corrected chi connectivity index (χ0v) is 8.63. The van der Waals surface area contributed by atoms with Crippen molar-refractivity contribution < 1.29 is 32.2 Å². The van der Waals surface area contributed by atoms with Gasteiger partial charge in [0.15, 0.2) is 0 Å². The highest BCUT2D eigenvalue weighted by molar-refractivity contribution is 6.40. The van der Waals surface area contributed by atoms with Crippen LogP contribution in [0.15, 0.2) is 4.99 Å². The molecule has 0 bridgehead atoms. The van der Waals surface area contributed by atoms with Gasteiger partial charge in [-0.25, -0.2) is 9.59 Å². The van der Waals surface area contributed by atoms with Gasteiger partial charge in [0.1, 0.15) is 0 Å². The molecule has 0 rings (SSSR count). The molecule has 1 amide bonds. The van der Waals surface area contributed by atoms with E-state index in [9.17, 15) is 22.8 Å². The van der Waals surface area contributed by atoms with E-state index in [-0.39, 0.29) is 13.2 Å². The zero-order chi connectivity index (χ0) is 12.8. The molecule has 0 saturated heterocycles. The number of nitrogens with zero attached hydrogens (tertiary/aromatic N) is 1. The van der Waals surface area contributed by atoms with Crippen LogP contribution in [0, 0.1) is 0 Å². The van der Waals surface area contributed by atoms with Gasteiger partial charge in [-0.2, -0.15) is 18.2 Å². The summed E-state index contributed by atoms with van der Waals surface area (Å²) in [7, 11) is 0. The van der Waals surface area contributed by atoms with Gasteiger partial charge in [-0.15, -0.1) is 0 Å². The fraction of sp³-hybridized carbons (Fsp3) is 0.625. The van der Waals surface area contributed by atoms with Crippen LogP contribution in [0.25, 0.3) is 0 Å². The van der Waals surface area contributed by atoms with Gasteiger partial charge in [-0.1, -0.05) is 0 Å². The van der Waals surface area contributed by atoms with E-state index in [0.717, 1.165) is 0 Å². The van der Waals surface area contributed by atoms with Crippen molar-refractivity contribution in [2.45, 2.75) is 20.0 Å². The minimum atomic E-state index is -5.06. The lowest BCUT2D eigenvalue weighted by molar-refractivity contribution is -0.139. The van der Waals surface area contributed by atoms with Crippen molar-refractivity contribution in [2.75, 3.05) is 13.2 Å². The first-order valence-corrected chi connectivity index (χ1v) is 4.32. The quantitative estimate of drug-likeness (QED) is 0.557. The van der Waals surface area contributed by atoms with Crippen molar-refractivity contribution in [3.8, 4) is 0 Å². The number of aliphatic imine (C=N–C) groups is 1. The van der Waals surface area contributed by atoms with Crippen molar-refractivity contribution >= 4 is 17.8 Å². The lowest BCUT2D eigenvalue weighted by atomic mass is 10.3. The Labute approximate surface area is 89.2 Å². The van der Waals surface area contributed by atoms with Gasteiger partial charge in [0.25, 0.3) is 0 Å². The molecule has 0 aliphatic heterocycles. The summed E-state index contributed by atoms with van der Waals surface area (Å²) in [6, 6.07) is 0. The third-order valence-electron chi connectivity index (χ3n) is 1.21. The first-order valence-electron chi connectivity index (χ1n) is 4.32. The van der Waals surface area contributed by atoms with Crippen LogP contribution in [0.2, 0.25) is 0 Å². The van der Waals surface area contributed by atoms with E-state index in [1.54, 1.807) is 0 Å². The minimum Gasteiger partial charge on any atom is -0.461 e. The lowest BCUT2D eigenvalue weighted by Gasteiger charge is -2.08. The molecule has 0 N–H and O–H groups in total. The van der Waals surface area contributed by atoms with Crippen molar-refractivity contribution in [3.63, 3.8) is 0 Å². The van der Waals surface area contributed by atoms with Crippen LogP contribution in [0.4, 0.5) is 18.0 Å². The number of carbonyl (C=O) groups is 2. The van der Waals surface area contributed by atoms with E-state index in [2.05, 4.69) is 14.5 Å². The van der Waals surface area contributed by atoms with E-state index in [1.165, 1.54) is 13.8 Å². The first kappa shape index (κ1) is 14.4. The molecule has 0 aromatic rings. The summed E-state index contributed by atoms with van der Waals surface area (Å²) in [5.74, 6) is -1.71. The van der Waals surface area contributed by atoms with Gasteiger partial charge in [0, 0.05) is 0 Å². The van der Waals surface area contributed by atoms with E-state index in [0.29, 0.717) is 0 Å². The summed E-state index contributed by atoms with van der Waals surface area (Å²) in [6.07, 6.45) is -6.54. The lowest BCUT2D eigenvalue weighted by Crippen LogP contribution is -2.33. The largest absolute Gasteiger partial charge is 0.461 e. The van der Waals surface area contributed by atoms with Crippen LogP contribution in [-0.4, -0.2) is 37.2 Å². The number of hydrogen-bond donors (Lipinski definition) is 0. The summed E-state index contributed by atoms with van der Waals surface area (Å²) in [5, 5.41) is 0. The summed E-state index contributed by atoms with van der Waals surface area (Å²) in [5.41, 5.74) is -1.92. The molecule has 0 unspecified atom stereocenters. The Bertz CT molecular complexity index is 298. The van der Waals surface area contributed by atoms with E-state index < -0.39 is 24.0 Å². The molecular weight excluding hydrogens is 231 g/mol. The predicted molar refractivity (Wildman–Crippen MR) is 47.1 cm³/mol. The van der Waals surface area contributed by atoms with Crippen molar-refractivity contribution in [1.29, 1.82) is 0 Å². The highest BCUT2D eigenvalue weighted by Gasteiger charge is 2.43. The molecule has 0 radical (unpaired) electrons. The Hall–Kier alpha value is -1.60. The number of amides is 1. The van der Waals surface area contributed by atoms with Gasteiger partial charge >= 0.3 is 18.2 Å². The number of carbonyl (C=O) groups excluding carboxylic acids is 2. The van der Waals surface area contributed by atoms with E-state index >= 15 is 0 Å². The van der Waals surface area contributed by atoms with Crippen LogP contribution >= 0.6 is 0 Å². The van der Waals surface area contributed by atoms with Gasteiger partial charge in [0.05, 0.1) is 13.2 Å². The molecule has 0 aromatic carbocycles. The maximum absolute atomic E-state index is 12.3. The van der Waals surface area contributed by atoms with Crippen LogP contribution < -0.4 is 0 Å². The van der Waals surface area contributed by atoms with Gasteiger partial charge in [0.2, 0.25) is 5.71 Å². The number of esters is 1. The summed E-state index contributed by atoms with van der Waals surface area (Å²) >= 11 is 0.